The summed E-state index contributed by atoms with van der Waals surface area (Å²) in [4.78, 5) is 39.8. The van der Waals surface area contributed by atoms with Gasteiger partial charge in [0.2, 0.25) is 0 Å². The first-order valence-corrected chi connectivity index (χ1v) is 14.4. The van der Waals surface area contributed by atoms with Gasteiger partial charge in [0.15, 0.2) is 5.78 Å². The topological polar surface area (TPSA) is 80.7 Å². The van der Waals surface area contributed by atoms with Gasteiger partial charge in [-0.2, -0.15) is 0 Å². The Morgan fingerprint density at radius 3 is 2.13 bits per heavy atom. The second-order valence-corrected chi connectivity index (χ2v) is 10.8. The fraction of sp³-hybridized carbons (Fsp3) is 0.516. The molecular formula is C31H40Cl2O5. The predicted octanol–water partition coefficient (Wildman–Crippen LogP) is 8.33. The summed E-state index contributed by atoms with van der Waals surface area (Å²) in [7, 11) is 0. The Bertz CT molecular complexity index is 1050. The second-order valence-electron chi connectivity index (χ2n) is 9.92. The summed E-state index contributed by atoms with van der Waals surface area (Å²) >= 11 is 12.5. The maximum absolute atomic E-state index is 13.8. The molecule has 3 atom stereocenters. The van der Waals surface area contributed by atoms with E-state index >= 15 is 0 Å². The summed E-state index contributed by atoms with van der Waals surface area (Å²) in [5.74, 6) is -4.15. The van der Waals surface area contributed by atoms with Gasteiger partial charge in [0.05, 0.1) is 17.5 Å². The molecule has 0 aromatic heterocycles. The number of carbonyl (C=O) groups is 3. The first-order chi connectivity index (χ1) is 18.2. The van der Waals surface area contributed by atoms with Crippen LogP contribution >= 0.6 is 23.2 Å². The van der Waals surface area contributed by atoms with Crippen molar-refractivity contribution in [2.24, 2.45) is 11.8 Å². The summed E-state index contributed by atoms with van der Waals surface area (Å²) in [5.41, 5.74) is 1.06. The molecule has 0 radical (unpaired) electrons. The lowest BCUT2D eigenvalue weighted by Crippen LogP contribution is -2.36. The lowest BCUT2D eigenvalue weighted by Gasteiger charge is -2.25. The zero-order valence-corrected chi connectivity index (χ0v) is 24.2. The molecule has 2 rings (SSSR count). The average molecular weight is 564 g/mol. The van der Waals surface area contributed by atoms with Gasteiger partial charge >= 0.3 is 5.97 Å². The molecule has 0 spiro atoms. The SMILES string of the molecule is CCCCOc1ccc(C(C(=O)CC(CCC)CCCC)C(C(=O)O)C(=O)Cc2ccc(Cl)cc2)cc1Cl. The smallest absolute Gasteiger partial charge is 0.315 e. The highest BCUT2D eigenvalue weighted by Gasteiger charge is 2.40. The van der Waals surface area contributed by atoms with E-state index in [1.54, 1.807) is 42.5 Å². The number of unbranched alkanes of at least 4 members (excludes halogenated alkanes) is 2. The number of halogens is 2. The van der Waals surface area contributed by atoms with Crippen molar-refractivity contribution in [1.82, 2.24) is 0 Å². The van der Waals surface area contributed by atoms with E-state index in [0.717, 1.165) is 44.9 Å². The molecule has 0 fully saturated rings. The van der Waals surface area contributed by atoms with Crippen LogP contribution in [0, 0.1) is 11.8 Å². The lowest BCUT2D eigenvalue weighted by molar-refractivity contribution is -0.149. The number of carbonyl (C=O) groups excluding carboxylic acids is 2. The Labute approximate surface area is 236 Å². The third-order valence-corrected chi connectivity index (χ3v) is 7.36. The first-order valence-electron chi connectivity index (χ1n) is 13.7. The van der Waals surface area contributed by atoms with Crippen LogP contribution < -0.4 is 4.74 Å². The molecule has 0 saturated heterocycles. The van der Waals surface area contributed by atoms with Gasteiger partial charge in [0.1, 0.15) is 17.5 Å². The van der Waals surface area contributed by atoms with Crippen LogP contribution in [0.25, 0.3) is 0 Å². The van der Waals surface area contributed by atoms with E-state index in [0.29, 0.717) is 33.5 Å². The Balaban J connectivity index is 2.45. The highest BCUT2D eigenvalue weighted by molar-refractivity contribution is 6.32. The number of carboxylic acids is 1. The van der Waals surface area contributed by atoms with Crippen LogP contribution in [-0.4, -0.2) is 29.2 Å². The van der Waals surface area contributed by atoms with Crippen LogP contribution in [-0.2, 0) is 20.8 Å². The minimum Gasteiger partial charge on any atom is -0.492 e. The number of ether oxygens (including phenoxy) is 1. The highest BCUT2D eigenvalue weighted by atomic mass is 35.5. The van der Waals surface area contributed by atoms with Gasteiger partial charge in [0, 0.05) is 17.9 Å². The molecule has 2 aromatic rings. The molecule has 208 valence electrons. The van der Waals surface area contributed by atoms with E-state index in [4.69, 9.17) is 27.9 Å². The molecule has 0 saturated carbocycles. The van der Waals surface area contributed by atoms with Crippen molar-refractivity contribution in [2.75, 3.05) is 6.61 Å². The van der Waals surface area contributed by atoms with Crippen LogP contribution in [0.3, 0.4) is 0 Å². The van der Waals surface area contributed by atoms with Crippen LogP contribution in [0.4, 0.5) is 0 Å². The van der Waals surface area contributed by atoms with Gasteiger partial charge in [-0.25, -0.2) is 0 Å². The summed E-state index contributed by atoms with van der Waals surface area (Å²) < 4.78 is 5.75. The number of aliphatic carboxylic acids is 1. The summed E-state index contributed by atoms with van der Waals surface area (Å²) in [6, 6.07) is 11.6. The second kappa shape index (κ2) is 16.6. The summed E-state index contributed by atoms with van der Waals surface area (Å²) in [5, 5.41) is 11.1. The maximum Gasteiger partial charge on any atom is 0.315 e. The van der Waals surface area contributed by atoms with Crippen molar-refractivity contribution in [3.63, 3.8) is 0 Å². The predicted molar refractivity (Wildman–Crippen MR) is 153 cm³/mol. The summed E-state index contributed by atoms with van der Waals surface area (Å²) in [6.45, 7) is 6.75. The normalized spacial score (nSPS) is 13.5. The minimum absolute atomic E-state index is 0.113. The Hall–Kier alpha value is -2.37. The van der Waals surface area contributed by atoms with Crippen molar-refractivity contribution < 1.29 is 24.2 Å². The minimum atomic E-state index is -1.53. The van der Waals surface area contributed by atoms with Gasteiger partial charge in [-0.15, -0.1) is 0 Å². The molecule has 5 nitrogen and oxygen atoms in total. The van der Waals surface area contributed by atoms with Crippen molar-refractivity contribution in [3.05, 3.63) is 63.6 Å². The molecule has 3 unspecified atom stereocenters. The lowest BCUT2D eigenvalue weighted by atomic mass is 9.76. The van der Waals surface area contributed by atoms with Gasteiger partial charge in [-0.1, -0.05) is 101 Å². The van der Waals surface area contributed by atoms with Gasteiger partial charge in [-0.3, -0.25) is 14.4 Å². The Kier molecular flexibility index (Phi) is 13.9. The number of hydrogen-bond acceptors (Lipinski definition) is 4. The number of rotatable bonds is 18. The molecule has 0 aliphatic carbocycles. The van der Waals surface area contributed by atoms with E-state index in [1.165, 1.54) is 0 Å². The van der Waals surface area contributed by atoms with E-state index in [2.05, 4.69) is 20.8 Å². The molecule has 2 aromatic carbocycles. The third-order valence-electron chi connectivity index (χ3n) is 6.81. The van der Waals surface area contributed by atoms with Gasteiger partial charge in [0.25, 0.3) is 0 Å². The van der Waals surface area contributed by atoms with Crippen molar-refractivity contribution in [2.45, 2.75) is 84.5 Å². The van der Waals surface area contributed by atoms with Gasteiger partial charge in [-0.05, 0) is 47.7 Å². The quantitative estimate of drug-likeness (QED) is 0.146. The van der Waals surface area contributed by atoms with E-state index in [1.807, 2.05) is 0 Å². The molecule has 7 heteroatoms. The Morgan fingerprint density at radius 2 is 1.55 bits per heavy atom. The van der Waals surface area contributed by atoms with Crippen LogP contribution in [0.5, 0.6) is 5.75 Å². The molecule has 0 bridgehead atoms. The zero-order valence-electron chi connectivity index (χ0n) is 22.7. The molecule has 0 amide bonds. The molecule has 0 heterocycles. The van der Waals surface area contributed by atoms with E-state index in [-0.39, 0.29) is 24.5 Å². The van der Waals surface area contributed by atoms with Crippen molar-refractivity contribution in [3.8, 4) is 5.75 Å². The van der Waals surface area contributed by atoms with Gasteiger partial charge < -0.3 is 9.84 Å². The van der Waals surface area contributed by atoms with Crippen LogP contribution in [0.2, 0.25) is 10.0 Å². The first kappa shape index (κ1) is 31.8. The van der Waals surface area contributed by atoms with Crippen molar-refractivity contribution in [1.29, 1.82) is 0 Å². The standard InChI is InChI=1S/C31H40Cl2O5/c1-4-7-10-21(9-6-3)18-26(34)29(23-13-16-28(25(33)20-23)38-17-8-5-2)30(31(36)37)27(35)19-22-11-14-24(32)15-12-22/h11-16,20-21,29-30H,4-10,17-19H2,1-3H3,(H,36,37). The molecule has 0 aliphatic heterocycles. The number of ketones is 2. The largest absolute Gasteiger partial charge is 0.492 e. The summed E-state index contributed by atoms with van der Waals surface area (Å²) in [6.07, 6.45) is 6.67. The zero-order chi connectivity index (χ0) is 28.1. The third kappa shape index (κ3) is 9.74. The Morgan fingerprint density at radius 1 is 0.868 bits per heavy atom. The highest BCUT2D eigenvalue weighted by Crippen LogP contribution is 2.36. The monoisotopic (exact) mass is 562 g/mol. The molecular weight excluding hydrogens is 523 g/mol. The average Bonchev–Trinajstić information content (AvgIpc) is 2.87. The fourth-order valence-corrected chi connectivity index (χ4v) is 5.13. The molecule has 38 heavy (non-hydrogen) atoms. The van der Waals surface area contributed by atoms with Crippen LogP contribution in [0.1, 0.15) is 89.2 Å². The van der Waals surface area contributed by atoms with E-state index < -0.39 is 23.6 Å². The van der Waals surface area contributed by atoms with Crippen LogP contribution in [0.15, 0.2) is 42.5 Å². The molecule has 1 N–H and O–H groups in total. The number of hydrogen-bond donors (Lipinski definition) is 1. The molecule has 0 aliphatic rings. The number of carboxylic acid groups (broad SMARTS) is 1. The number of benzene rings is 2. The number of Topliss-reactive ketones (excluding diaryl/α,β-unsaturated/α-hetero) is 2. The fourth-order valence-electron chi connectivity index (χ4n) is 4.76. The maximum atomic E-state index is 13.8. The van der Waals surface area contributed by atoms with Crippen molar-refractivity contribution >= 4 is 40.7 Å². The van der Waals surface area contributed by atoms with E-state index in [9.17, 15) is 19.5 Å².